The first-order chi connectivity index (χ1) is 65.0. The van der Waals surface area contributed by atoms with E-state index >= 15 is 0 Å². The number of aliphatic imine (C=N–C) groups is 4. The number of furan rings is 1. The molecule has 12 aromatic carbocycles. The van der Waals surface area contributed by atoms with Crippen LogP contribution in [-0.4, -0.2) is 70.8 Å². The summed E-state index contributed by atoms with van der Waals surface area (Å²) in [6, 6.07) is 118. The number of benzene rings is 12. The lowest BCUT2D eigenvalue weighted by atomic mass is 9.91. The van der Waals surface area contributed by atoms with E-state index in [1.54, 1.807) is 29.7 Å². The van der Waals surface area contributed by atoms with Gasteiger partial charge in [0.1, 0.15) is 17.6 Å². The Morgan fingerprint density at radius 1 is 0.294 bits per heavy atom. The first kappa shape index (κ1) is 107. The summed E-state index contributed by atoms with van der Waals surface area (Å²) in [6.07, 6.45) is 1.64. The quantitative estimate of drug-likeness (QED) is 0.0306. The zero-order valence-electron chi connectivity index (χ0n) is 80.0. The molecule has 0 radical (unpaired) electrons. The van der Waals surface area contributed by atoms with Crippen LogP contribution in [0.5, 0.6) is 0 Å². The Kier molecular flexibility index (Phi) is 40.1. The van der Waals surface area contributed by atoms with Crippen LogP contribution >= 0.6 is 59.1 Å². The molecule has 2 aromatic heterocycles. The van der Waals surface area contributed by atoms with Gasteiger partial charge in [0, 0.05) is 74.9 Å². The molecule has 12 atom stereocenters. The minimum Gasteiger partial charge on any atom is -0.468 e. The van der Waals surface area contributed by atoms with Crippen LogP contribution in [0.3, 0.4) is 0 Å². The molecular weight excluding hydrogens is 1980 g/mol. The zero-order valence-corrected chi connectivity index (χ0v) is 88.8. The molecule has 0 unspecified atom stereocenters. The minimum atomic E-state index is -1.34. The molecule has 4 N–H and O–H groups in total. The Labute approximate surface area is 845 Å². The second kappa shape index (κ2) is 51.1. The van der Waals surface area contributed by atoms with Crippen molar-refractivity contribution in [3.63, 3.8) is 0 Å². The van der Waals surface area contributed by atoms with Gasteiger partial charge in [-0.25, -0.2) is 40.1 Å². The summed E-state index contributed by atoms with van der Waals surface area (Å²) in [5.41, 5.74) is 15.8. The van der Waals surface area contributed by atoms with Gasteiger partial charge >= 0.3 is 0 Å². The maximum atomic E-state index is 13.8. The highest BCUT2D eigenvalue weighted by Gasteiger charge is 2.37. The van der Waals surface area contributed by atoms with Crippen LogP contribution in [0.2, 0.25) is 0 Å². The van der Waals surface area contributed by atoms with Crippen LogP contribution < -0.4 is 18.9 Å². The predicted molar refractivity (Wildman–Crippen MR) is 584 cm³/mol. The average molecular weight is 2110 g/mol. The van der Waals surface area contributed by atoms with E-state index in [9.17, 15) is 21.2 Å². The van der Waals surface area contributed by atoms with Crippen LogP contribution in [0.15, 0.2) is 413 Å². The highest BCUT2D eigenvalue weighted by atomic mass is 79.9. The van der Waals surface area contributed by atoms with Crippen molar-refractivity contribution in [2.75, 3.05) is 0 Å². The van der Waals surface area contributed by atoms with Crippen molar-refractivity contribution in [2.45, 2.75) is 178 Å². The molecule has 0 saturated heterocycles. The zero-order chi connectivity index (χ0) is 97.7. The largest absolute Gasteiger partial charge is 0.468 e. The third-order valence-corrected chi connectivity index (χ3v) is 30.8. The Morgan fingerprint density at radius 2 is 0.529 bits per heavy atom. The third-order valence-electron chi connectivity index (χ3n) is 21.9. The maximum absolute atomic E-state index is 13.8. The Morgan fingerprint density at radius 3 is 0.765 bits per heavy atom. The second-order valence-electron chi connectivity index (χ2n) is 37.3. The van der Waals surface area contributed by atoms with Crippen molar-refractivity contribution in [3.8, 4) is 0 Å². The summed E-state index contributed by atoms with van der Waals surface area (Å²) in [5, 5.41) is 2.06. The molecule has 0 amide bonds. The van der Waals surface area contributed by atoms with E-state index in [2.05, 4.69) is 203 Å². The molecule has 14 rings (SSSR count). The van der Waals surface area contributed by atoms with Crippen molar-refractivity contribution in [2.24, 2.45) is 31.8 Å². The predicted octanol–water partition coefficient (Wildman–Crippen LogP) is 28.9. The lowest BCUT2D eigenvalue weighted by molar-refractivity contribution is 0.395. The monoisotopic (exact) mass is 2100 g/mol. The van der Waals surface area contributed by atoms with E-state index in [0.717, 1.165) is 108 Å². The molecule has 708 valence electrons. The number of hydrogen-bond acceptors (Lipinski definition) is 10. The fourth-order valence-electron chi connectivity index (χ4n) is 14.4. The number of thiophene rings is 1. The van der Waals surface area contributed by atoms with Crippen LogP contribution in [0.25, 0.3) is 0 Å². The third kappa shape index (κ3) is 31.6. The summed E-state index contributed by atoms with van der Waals surface area (Å²) in [6.45, 7) is 32.1. The second-order valence-corrected chi connectivity index (χ2v) is 49.1. The summed E-state index contributed by atoms with van der Waals surface area (Å²) in [7, 11) is -5.12. The highest BCUT2D eigenvalue weighted by Crippen LogP contribution is 2.41. The molecule has 0 aliphatic rings. The Hall–Kier alpha value is -9.89. The van der Waals surface area contributed by atoms with E-state index in [0.29, 0.717) is 5.76 Å². The van der Waals surface area contributed by atoms with Gasteiger partial charge in [0.15, 0.2) is 0 Å². The van der Waals surface area contributed by atoms with Gasteiger partial charge in [-0.2, -0.15) is 0 Å². The van der Waals surface area contributed by atoms with Gasteiger partial charge in [0.2, 0.25) is 0 Å². The number of halogens is 4. The van der Waals surface area contributed by atoms with Crippen LogP contribution in [-0.2, 0) is 43.9 Å². The van der Waals surface area contributed by atoms with E-state index < -0.39 is 70.3 Å². The number of nitrogens with one attached hydrogen (secondary N) is 4. The Balaban J connectivity index is 0.000000174. The topological polar surface area (TPSA) is 179 Å². The van der Waals surface area contributed by atoms with Gasteiger partial charge in [-0.15, -0.1) is 11.3 Å². The summed E-state index contributed by atoms with van der Waals surface area (Å²) in [5.74, 6) is 0.726. The van der Waals surface area contributed by atoms with Crippen molar-refractivity contribution < 1.29 is 25.6 Å². The molecule has 0 spiro atoms. The van der Waals surface area contributed by atoms with Gasteiger partial charge in [-0.05, 0) is 189 Å². The van der Waals surface area contributed by atoms with Crippen molar-refractivity contribution >= 4 is 126 Å². The summed E-state index contributed by atoms with van der Waals surface area (Å²) >= 11 is 12.3. The van der Waals surface area contributed by atoms with Gasteiger partial charge in [-0.3, -0.25) is 20.0 Å². The summed E-state index contributed by atoms with van der Waals surface area (Å²) < 4.78 is 87.4. The lowest BCUT2D eigenvalue weighted by Crippen LogP contribution is -2.45. The molecule has 13 nitrogen and oxygen atoms in total. The molecule has 0 fully saturated rings. The molecule has 0 saturated carbocycles. The summed E-state index contributed by atoms with van der Waals surface area (Å²) in [4.78, 5) is 22.5. The van der Waals surface area contributed by atoms with Crippen molar-refractivity contribution in [1.82, 2.24) is 18.9 Å². The number of nitrogens with zero attached hydrogens (tertiary/aromatic N) is 4. The van der Waals surface area contributed by atoms with Gasteiger partial charge in [0.25, 0.3) is 0 Å². The fraction of sp³-hybridized carbons (Fsp3) is 0.263. The van der Waals surface area contributed by atoms with E-state index in [1.807, 2.05) is 320 Å². The fourth-order valence-corrected chi connectivity index (χ4v) is 19.8. The smallest absolute Gasteiger partial charge is 0.124 e. The van der Waals surface area contributed by atoms with Crippen LogP contribution in [0, 0.1) is 17.7 Å². The van der Waals surface area contributed by atoms with Crippen LogP contribution in [0.1, 0.15) is 224 Å². The van der Waals surface area contributed by atoms with Crippen LogP contribution in [0.4, 0.5) is 4.39 Å². The lowest BCUT2D eigenvalue weighted by Gasteiger charge is -2.32. The average Bonchev–Trinajstić information content (AvgIpc) is 1.38. The maximum Gasteiger partial charge on any atom is 0.124 e. The molecule has 0 bridgehead atoms. The molecule has 0 aliphatic heterocycles. The first-order valence-corrected chi connectivity index (χ1v) is 53.4. The Bertz CT molecular complexity index is 5670. The minimum absolute atomic E-state index is 0.117. The van der Waals surface area contributed by atoms with Gasteiger partial charge < -0.3 is 4.42 Å². The van der Waals surface area contributed by atoms with Gasteiger partial charge in [-0.1, -0.05) is 373 Å². The van der Waals surface area contributed by atoms with E-state index in [4.69, 9.17) is 24.4 Å². The standard InChI is InChI=1S/C29H29BrN2O2S.C29H29BrN2OS2.C28H33BrN2OS.C28H33FN2OS/c2*1-29(2,3)35(33)32-28(25-15-10-20-34-25)27(23-16-18-24(30)19-17-23)31-26(21-11-6-4-7-12-21)22-13-8-5-9-14-22;2*1-20(2)25(31-33(32)28(3,4)5)27(23-16-18-24(29)19-17-23)30-26(21-12-8-6-9-13-21)22-14-10-7-11-15-22/h2*4-20,27-28,32H,1-3H3;2*6-20,25,27,31H,1-5H3/t2*27-,28+,35+;2*25-,27+,33-/m0011/s1. The van der Waals surface area contributed by atoms with Crippen molar-refractivity contribution in [3.05, 3.63) is 472 Å². The van der Waals surface area contributed by atoms with E-state index in [1.165, 1.54) is 12.1 Å². The molecular formula is C114H124Br3FN8O5S5. The first-order valence-electron chi connectivity index (χ1n) is 45.5. The SMILES string of the molecule is CC(C)(C)[S@@](=O)N[C@H](c1ccco1)[C@@H](N=C(c1ccccc1)c1ccccc1)c1ccc(Br)cc1.CC(C)(C)[S@@](=O)N[C@H](c1cccs1)[C@@H](N=C(c1ccccc1)c1ccccc1)c1ccc(Br)cc1.CC(C)[C@@H](N[S@](=O)C(C)(C)C)[C@@H](N=C(c1ccccc1)c1ccccc1)c1ccc(Br)cc1.CC(C)[C@@H](N[S@](=O)C(C)(C)C)[C@@H](N=C(c1ccccc1)c1ccccc1)c1ccc(F)cc1. The number of hydrogen-bond donors (Lipinski definition) is 4. The van der Waals surface area contributed by atoms with Gasteiger partial charge in [0.05, 0.1) is 122 Å². The molecule has 136 heavy (non-hydrogen) atoms. The normalized spacial score (nSPS) is 14.3. The molecule has 14 aromatic rings. The molecule has 0 aliphatic carbocycles. The number of rotatable bonds is 32. The molecule has 2 heterocycles. The highest BCUT2D eigenvalue weighted by molar-refractivity contribution is 9.11. The molecule has 22 heteroatoms. The van der Waals surface area contributed by atoms with Crippen molar-refractivity contribution in [1.29, 1.82) is 0 Å². The van der Waals surface area contributed by atoms with E-state index in [-0.39, 0.29) is 58.7 Å².